The summed E-state index contributed by atoms with van der Waals surface area (Å²) in [5.74, 6) is -0.186. The van der Waals surface area contributed by atoms with E-state index in [9.17, 15) is 4.79 Å². The zero-order valence-electron chi connectivity index (χ0n) is 10.6. The van der Waals surface area contributed by atoms with Crippen LogP contribution < -0.4 is 0 Å². The van der Waals surface area contributed by atoms with Crippen LogP contribution in [0.4, 0.5) is 0 Å². The molecule has 0 aliphatic carbocycles. The maximum Gasteiger partial charge on any atom is 0.334 e. The van der Waals surface area contributed by atoms with E-state index in [-0.39, 0.29) is 11.4 Å². The standard InChI is InChI=1S/C10H22O3Si2/c1-7(2)8(10(3,4)5)9(11)12-6-15-13-14/h6,15H2,1-5,14H3. The predicted octanol–water partition coefficient (Wildman–Crippen LogP) is 0.250. The molecule has 0 heterocycles. The number of hydrogen-bond acceptors (Lipinski definition) is 3. The maximum atomic E-state index is 11.8. The summed E-state index contributed by atoms with van der Waals surface area (Å²) in [4.78, 5) is 11.8. The Morgan fingerprint density at radius 3 is 2.20 bits per heavy atom. The van der Waals surface area contributed by atoms with Crippen molar-refractivity contribution in [2.24, 2.45) is 5.41 Å². The number of ether oxygens (including phenoxy) is 1. The van der Waals surface area contributed by atoms with Gasteiger partial charge < -0.3 is 8.85 Å². The zero-order chi connectivity index (χ0) is 12.1. The first kappa shape index (κ1) is 14.6. The molecule has 0 aromatic heterocycles. The zero-order valence-corrected chi connectivity index (χ0v) is 14.1. The number of allylic oxidation sites excluding steroid dienone is 1. The van der Waals surface area contributed by atoms with Gasteiger partial charge in [0.05, 0.1) is 0 Å². The number of hydrogen-bond donors (Lipinski definition) is 0. The molecule has 0 rings (SSSR count). The predicted molar refractivity (Wildman–Crippen MR) is 68.4 cm³/mol. The summed E-state index contributed by atoms with van der Waals surface area (Å²) in [5, 5.41) is 0. The van der Waals surface area contributed by atoms with Crippen molar-refractivity contribution in [1.82, 2.24) is 0 Å². The third-order valence-electron chi connectivity index (χ3n) is 1.97. The van der Waals surface area contributed by atoms with Crippen LogP contribution in [-0.2, 0) is 13.6 Å². The first-order valence-electron chi connectivity index (χ1n) is 5.14. The Kier molecular flexibility index (Phi) is 6.08. The molecule has 0 aromatic rings. The van der Waals surface area contributed by atoms with Crippen molar-refractivity contribution < 1.29 is 13.6 Å². The minimum absolute atomic E-state index is 0.153. The summed E-state index contributed by atoms with van der Waals surface area (Å²) in [6, 6.07) is 0. The molecular formula is C10H22O3Si2. The Labute approximate surface area is 97.7 Å². The Morgan fingerprint density at radius 1 is 1.33 bits per heavy atom. The molecule has 0 saturated heterocycles. The van der Waals surface area contributed by atoms with E-state index in [1.165, 1.54) is 0 Å². The van der Waals surface area contributed by atoms with Crippen LogP contribution in [0.3, 0.4) is 0 Å². The van der Waals surface area contributed by atoms with Crippen LogP contribution in [0.5, 0.6) is 0 Å². The van der Waals surface area contributed by atoms with Gasteiger partial charge in [0.25, 0.3) is 0 Å². The summed E-state index contributed by atoms with van der Waals surface area (Å²) < 4.78 is 10.3. The van der Waals surface area contributed by atoms with E-state index in [1.54, 1.807) is 0 Å². The molecule has 0 unspecified atom stereocenters. The second-order valence-electron chi connectivity index (χ2n) is 4.75. The smallest absolute Gasteiger partial charge is 0.334 e. The van der Waals surface area contributed by atoms with E-state index in [2.05, 4.69) is 0 Å². The lowest BCUT2D eigenvalue weighted by Gasteiger charge is -2.23. The fraction of sp³-hybridized carbons (Fsp3) is 0.700. The molecule has 0 amide bonds. The third-order valence-corrected chi connectivity index (χ3v) is 3.98. The topological polar surface area (TPSA) is 35.5 Å². The van der Waals surface area contributed by atoms with Crippen LogP contribution in [-0.4, -0.2) is 32.4 Å². The molecule has 0 aliphatic rings. The summed E-state index contributed by atoms with van der Waals surface area (Å²) >= 11 is 0. The summed E-state index contributed by atoms with van der Waals surface area (Å²) in [6.45, 7) is 9.97. The van der Waals surface area contributed by atoms with Crippen molar-refractivity contribution in [1.29, 1.82) is 0 Å². The molecule has 88 valence electrons. The minimum atomic E-state index is -0.625. The van der Waals surface area contributed by atoms with Gasteiger partial charge in [-0.25, -0.2) is 4.79 Å². The monoisotopic (exact) mass is 246 g/mol. The van der Waals surface area contributed by atoms with Crippen LogP contribution in [0.15, 0.2) is 11.1 Å². The van der Waals surface area contributed by atoms with Crippen molar-refractivity contribution in [3.8, 4) is 0 Å². The molecule has 3 nitrogen and oxygen atoms in total. The van der Waals surface area contributed by atoms with Gasteiger partial charge in [-0.2, -0.15) is 0 Å². The van der Waals surface area contributed by atoms with E-state index in [0.717, 1.165) is 21.6 Å². The second-order valence-corrected chi connectivity index (χ2v) is 7.88. The first-order chi connectivity index (χ1) is 6.80. The molecule has 0 spiro atoms. The normalized spacial score (nSPS) is 12.1. The molecule has 0 saturated carbocycles. The van der Waals surface area contributed by atoms with E-state index in [0.29, 0.717) is 6.23 Å². The summed E-state index contributed by atoms with van der Waals surface area (Å²) in [7, 11) is 0.116. The summed E-state index contributed by atoms with van der Waals surface area (Å²) in [5.41, 5.74) is 1.66. The number of carbonyl (C=O) groups is 1. The highest BCUT2D eigenvalue weighted by molar-refractivity contribution is 6.34. The fourth-order valence-electron chi connectivity index (χ4n) is 1.55. The average Bonchev–Trinajstić information content (AvgIpc) is 2.00. The SMILES string of the molecule is CC(C)=C(C(=O)OC[SiH2]O[SiH3])C(C)(C)C. The highest BCUT2D eigenvalue weighted by Crippen LogP contribution is 2.28. The lowest BCUT2D eigenvalue weighted by atomic mass is 9.84. The number of carbonyl (C=O) groups excluding carboxylic acids is 1. The number of esters is 1. The Balaban J connectivity index is 4.55. The van der Waals surface area contributed by atoms with Crippen molar-refractivity contribution in [3.05, 3.63) is 11.1 Å². The third kappa shape index (κ3) is 5.29. The van der Waals surface area contributed by atoms with Crippen LogP contribution in [0.1, 0.15) is 34.6 Å². The summed E-state index contributed by atoms with van der Waals surface area (Å²) in [6.07, 6.45) is 0.481. The molecule has 0 aliphatic heterocycles. The minimum Gasteiger partial charge on any atom is -0.466 e. The van der Waals surface area contributed by atoms with E-state index < -0.39 is 9.76 Å². The van der Waals surface area contributed by atoms with Crippen LogP contribution in [0, 0.1) is 5.41 Å². The van der Waals surface area contributed by atoms with Crippen molar-refractivity contribution in [2.45, 2.75) is 34.6 Å². The van der Waals surface area contributed by atoms with E-state index >= 15 is 0 Å². The van der Waals surface area contributed by atoms with Gasteiger partial charge >= 0.3 is 5.97 Å². The fourth-order valence-corrected chi connectivity index (χ4v) is 2.49. The molecule has 0 radical (unpaired) electrons. The molecule has 15 heavy (non-hydrogen) atoms. The highest BCUT2D eigenvalue weighted by Gasteiger charge is 2.26. The van der Waals surface area contributed by atoms with Gasteiger partial charge in [0.1, 0.15) is 16.7 Å². The largest absolute Gasteiger partial charge is 0.466 e. The van der Waals surface area contributed by atoms with Crippen LogP contribution in [0.2, 0.25) is 0 Å². The van der Waals surface area contributed by atoms with Gasteiger partial charge in [-0.15, -0.1) is 0 Å². The maximum absolute atomic E-state index is 11.8. The van der Waals surface area contributed by atoms with Crippen molar-refractivity contribution in [2.75, 3.05) is 6.23 Å². The molecule has 0 bridgehead atoms. The van der Waals surface area contributed by atoms with Crippen molar-refractivity contribution in [3.63, 3.8) is 0 Å². The molecule has 0 atom stereocenters. The molecular weight excluding hydrogens is 224 g/mol. The lowest BCUT2D eigenvalue weighted by molar-refractivity contribution is -0.138. The van der Waals surface area contributed by atoms with E-state index in [1.807, 2.05) is 34.6 Å². The molecule has 0 fully saturated rings. The van der Waals surface area contributed by atoms with Crippen LogP contribution in [0.25, 0.3) is 0 Å². The van der Waals surface area contributed by atoms with Gasteiger partial charge in [-0.05, 0) is 19.3 Å². The van der Waals surface area contributed by atoms with Gasteiger partial charge in [-0.3, -0.25) is 0 Å². The molecule has 0 N–H and O–H groups in total. The van der Waals surface area contributed by atoms with Crippen molar-refractivity contribution >= 4 is 26.2 Å². The second kappa shape index (κ2) is 6.24. The number of rotatable bonds is 4. The molecule has 5 heteroatoms. The van der Waals surface area contributed by atoms with Gasteiger partial charge in [0.2, 0.25) is 0 Å². The van der Waals surface area contributed by atoms with E-state index in [4.69, 9.17) is 8.85 Å². The Bertz CT molecular complexity index is 250. The highest BCUT2D eigenvalue weighted by atomic mass is 28.3. The first-order valence-corrected chi connectivity index (χ1v) is 7.54. The van der Waals surface area contributed by atoms with Gasteiger partial charge in [0.15, 0.2) is 9.76 Å². The lowest BCUT2D eigenvalue weighted by Crippen LogP contribution is -2.23. The molecule has 0 aromatic carbocycles. The van der Waals surface area contributed by atoms with Gasteiger partial charge in [0, 0.05) is 5.57 Å². The Hall–Kier alpha value is -0.396. The van der Waals surface area contributed by atoms with Gasteiger partial charge in [-0.1, -0.05) is 26.3 Å². The van der Waals surface area contributed by atoms with Crippen LogP contribution >= 0.6 is 0 Å². The quantitative estimate of drug-likeness (QED) is 0.309. The average molecular weight is 246 g/mol. The Morgan fingerprint density at radius 2 is 1.87 bits per heavy atom.